The predicted molar refractivity (Wildman–Crippen MR) is 102 cm³/mol. The average Bonchev–Trinajstić information content (AvgIpc) is 3.05. The standard InChI is InChI=1S/C17H18ClN5O2S/c18-12-2-4-13(5-3-12)26-9-6-14(24)25-8-1-7-23-11-22-15-16(19)20-10-21-17(15)23/h2-5,10-11H,1,6-9H2,(H2,19,20,21). The van der Waals surface area contributed by atoms with Crippen molar-refractivity contribution in [1.29, 1.82) is 0 Å². The summed E-state index contributed by atoms with van der Waals surface area (Å²) in [7, 11) is 0. The molecule has 3 rings (SSSR count). The zero-order valence-corrected chi connectivity index (χ0v) is 15.5. The lowest BCUT2D eigenvalue weighted by molar-refractivity contribution is -0.143. The topological polar surface area (TPSA) is 95.9 Å². The molecule has 2 aromatic heterocycles. The van der Waals surface area contributed by atoms with Crippen molar-refractivity contribution < 1.29 is 9.53 Å². The highest BCUT2D eigenvalue weighted by Crippen LogP contribution is 2.21. The van der Waals surface area contributed by atoms with Crippen LogP contribution in [-0.4, -0.2) is 37.8 Å². The van der Waals surface area contributed by atoms with Gasteiger partial charge in [0.2, 0.25) is 0 Å². The molecule has 7 nitrogen and oxygen atoms in total. The van der Waals surface area contributed by atoms with Crippen LogP contribution in [0.2, 0.25) is 5.02 Å². The van der Waals surface area contributed by atoms with E-state index in [1.54, 1.807) is 18.1 Å². The molecule has 1 aromatic carbocycles. The molecular weight excluding hydrogens is 374 g/mol. The summed E-state index contributed by atoms with van der Waals surface area (Å²) in [6, 6.07) is 7.54. The normalized spacial score (nSPS) is 11.0. The number of nitrogen functional groups attached to an aromatic ring is 1. The van der Waals surface area contributed by atoms with Crippen LogP contribution in [0.25, 0.3) is 11.2 Å². The lowest BCUT2D eigenvalue weighted by Crippen LogP contribution is -2.09. The maximum absolute atomic E-state index is 11.8. The van der Waals surface area contributed by atoms with Gasteiger partial charge in [-0.15, -0.1) is 11.8 Å². The number of nitrogens with zero attached hydrogens (tertiary/aromatic N) is 4. The summed E-state index contributed by atoms with van der Waals surface area (Å²) in [6.07, 6.45) is 4.12. The van der Waals surface area contributed by atoms with Gasteiger partial charge in [0.15, 0.2) is 11.5 Å². The summed E-state index contributed by atoms with van der Waals surface area (Å²) >= 11 is 7.44. The number of imidazole rings is 1. The van der Waals surface area contributed by atoms with Crippen LogP contribution in [0.5, 0.6) is 0 Å². The molecule has 9 heteroatoms. The largest absolute Gasteiger partial charge is 0.466 e. The van der Waals surface area contributed by atoms with Gasteiger partial charge >= 0.3 is 5.97 Å². The number of aromatic nitrogens is 4. The highest BCUT2D eigenvalue weighted by atomic mass is 35.5. The van der Waals surface area contributed by atoms with Gasteiger partial charge in [-0.05, 0) is 30.7 Å². The van der Waals surface area contributed by atoms with Crippen molar-refractivity contribution >= 4 is 46.3 Å². The summed E-state index contributed by atoms with van der Waals surface area (Å²) in [5.41, 5.74) is 7.03. The molecule has 136 valence electrons. The number of aryl methyl sites for hydroxylation is 1. The predicted octanol–water partition coefficient (Wildman–Crippen LogP) is 3.18. The second-order valence-electron chi connectivity index (χ2n) is 5.50. The van der Waals surface area contributed by atoms with Crippen molar-refractivity contribution in [3.8, 4) is 0 Å². The van der Waals surface area contributed by atoms with Crippen LogP contribution in [0.1, 0.15) is 12.8 Å². The molecule has 0 amide bonds. The Hall–Kier alpha value is -2.32. The maximum Gasteiger partial charge on any atom is 0.306 e. The van der Waals surface area contributed by atoms with Crippen molar-refractivity contribution in [1.82, 2.24) is 19.5 Å². The SMILES string of the molecule is Nc1ncnc2c1ncn2CCCOC(=O)CCSc1ccc(Cl)cc1. The first kappa shape index (κ1) is 18.5. The number of anilines is 1. The average molecular weight is 392 g/mol. The number of esters is 1. The third-order valence-corrected chi connectivity index (χ3v) is 4.89. The summed E-state index contributed by atoms with van der Waals surface area (Å²) in [6.45, 7) is 0.991. The first-order chi connectivity index (χ1) is 12.6. The van der Waals surface area contributed by atoms with Crippen molar-refractivity contribution in [3.63, 3.8) is 0 Å². The molecule has 0 bridgehead atoms. The molecular formula is C17H18ClN5O2S. The van der Waals surface area contributed by atoms with Crippen LogP contribution < -0.4 is 5.73 Å². The Morgan fingerprint density at radius 1 is 1.23 bits per heavy atom. The summed E-state index contributed by atoms with van der Waals surface area (Å²) < 4.78 is 7.14. The van der Waals surface area contributed by atoms with E-state index in [1.165, 1.54) is 6.33 Å². The lowest BCUT2D eigenvalue weighted by Gasteiger charge is -2.06. The Kier molecular flexibility index (Phi) is 6.30. The molecule has 0 aliphatic carbocycles. The number of hydrogen-bond donors (Lipinski definition) is 1. The smallest absolute Gasteiger partial charge is 0.306 e. The van der Waals surface area contributed by atoms with Gasteiger partial charge in [0.25, 0.3) is 0 Å². The van der Waals surface area contributed by atoms with Crippen LogP contribution in [0.4, 0.5) is 5.82 Å². The van der Waals surface area contributed by atoms with Gasteiger partial charge in [-0.3, -0.25) is 4.79 Å². The molecule has 3 aromatic rings. The van der Waals surface area contributed by atoms with E-state index in [0.717, 1.165) is 4.90 Å². The van der Waals surface area contributed by atoms with Crippen molar-refractivity contribution in [2.24, 2.45) is 0 Å². The zero-order valence-electron chi connectivity index (χ0n) is 14.0. The Morgan fingerprint density at radius 2 is 2.04 bits per heavy atom. The number of rotatable bonds is 8. The second kappa shape index (κ2) is 8.86. The fourth-order valence-corrected chi connectivity index (χ4v) is 3.30. The number of ether oxygens (including phenoxy) is 1. The van der Waals surface area contributed by atoms with E-state index in [2.05, 4.69) is 15.0 Å². The monoisotopic (exact) mass is 391 g/mol. The van der Waals surface area contributed by atoms with Gasteiger partial charge in [0.05, 0.1) is 19.4 Å². The van der Waals surface area contributed by atoms with E-state index in [9.17, 15) is 4.79 Å². The van der Waals surface area contributed by atoms with Crippen molar-refractivity contribution in [3.05, 3.63) is 41.9 Å². The molecule has 0 atom stereocenters. The number of halogens is 1. The van der Waals surface area contributed by atoms with Crippen LogP contribution >= 0.6 is 23.4 Å². The molecule has 0 spiro atoms. The third kappa shape index (κ3) is 4.86. The van der Waals surface area contributed by atoms with E-state index in [0.29, 0.717) is 53.8 Å². The van der Waals surface area contributed by atoms with E-state index >= 15 is 0 Å². The van der Waals surface area contributed by atoms with E-state index < -0.39 is 0 Å². The summed E-state index contributed by atoms with van der Waals surface area (Å²) in [4.78, 5) is 25.2. The number of benzene rings is 1. The van der Waals surface area contributed by atoms with E-state index in [4.69, 9.17) is 22.1 Å². The molecule has 0 aliphatic rings. The minimum Gasteiger partial charge on any atom is -0.466 e. The summed E-state index contributed by atoms with van der Waals surface area (Å²) in [5, 5.41) is 0.702. The Morgan fingerprint density at radius 3 is 2.85 bits per heavy atom. The van der Waals surface area contributed by atoms with Gasteiger partial charge in [-0.25, -0.2) is 15.0 Å². The summed E-state index contributed by atoms with van der Waals surface area (Å²) in [5.74, 6) is 0.829. The third-order valence-electron chi connectivity index (χ3n) is 3.62. The molecule has 0 saturated heterocycles. The highest BCUT2D eigenvalue weighted by Gasteiger charge is 2.08. The van der Waals surface area contributed by atoms with Crippen LogP contribution in [0, 0.1) is 0 Å². The molecule has 0 radical (unpaired) electrons. The van der Waals surface area contributed by atoms with Gasteiger partial charge in [0.1, 0.15) is 11.8 Å². The van der Waals surface area contributed by atoms with Gasteiger partial charge in [-0.1, -0.05) is 11.6 Å². The van der Waals surface area contributed by atoms with Crippen LogP contribution in [0.3, 0.4) is 0 Å². The van der Waals surface area contributed by atoms with Crippen LogP contribution in [0.15, 0.2) is 41.8 Å². The number of fused-ring (bicyclic) bond motifs is 1. The molecule has 2 heterocycles. The van der Waals surface area contributed by atoms with Gasteiger partial charge < -0.3 is 15.0 Å². The highest BCUT2D eigenvalue weighted by molar-refractivity contribution is 7.99. The molecule has 2 N–H and O–H groups in total. The van der Waals surface area contributed by atoms with Crippen molar-refractivity contribution in [2.45, 2.75) is 24.3 Å². The minimum atomic E-state index is -0.200. The Labute approximate surface area is 159 Å². The quantitative estimate of drug-likeness (QED) is 0.358. The second-order valence-corrected chi connectivity index (χ2v) is 7.10. The molecule has 0 aliphatic heterocycles. The fraction of sp³-hybridized carbons (Fsp3) is 0.294. The lowest BCUT2D eigenvalue weighted by atomic mass is 10.4. The zero-order chi connectivity index (χ0) is 18.4. The number of thioether (sulfide) groups is 1. The number of nitrogens with two attached hydrogens (primary N) is 1. The molecule has 0 saturated carbocycles. The van der Waals surface area contributed by atoms with E-state index in [-0.39, 0.29) is 5.97 Å². The molecule has 0 unspecified atom stereocenters. The first-order valence-corrected chi connectivity index (χ1v) is 9.45. The number of carbonyl (C=O) groups excluding carboxylic acids is 1. The maximum atomic E-state index is 11.8. The van der Waals surface area contributed by atoms with E-state index in [1.807, 2.05) is 28.8 Å². The van der Waals surface area contributed by atoms with Gasteiger partial charge in [0, 0.05) is 22.2 Å². The molecule has 26 heavy (non-hydrogen) atoms. The number of hydrogen-bond acceptors (Lipinski definition) is 7. The molecule has 0 fully saturated rings. The van der Waals surface area contributed by atoms with Crippen LogP contribution in [-0.2, 0) is 16.1 Å². The number of carbonyl (C=O) groups is 1. The fourth-order valence-electron chi connectivity index (χ4n) is 2.34. The minimum absolute atomic E-state index is 0.200. The Balaban J connectivity index is 1.36. The Bertz CT molecular complexity index is 884. The van der Waals surface area contributed by atoms with Crippen molar-refractivity contribution in [2.75, 3.05) is 18.1 Å². The van der Waals surface area contributed by atoms with Gasteiger partial charge in [-0.2, -0.15) is 0 Å². The first-order valence-electron chi connectivity index (χ1n) is 8.09.